The minimum Gasteiger partial charge on any atom is -0.482 e. The molecule has 0 saturated carbocycles. The van der Waals surface area contributed by atoms with Crippen LogP contribution in [-0.4, -0.2) is 29.6 Å². The highest BCUT2D eigenvalue weighted by atomic mass is 35.5. The van der Waals surface area contributed by atoms with Gasteiger partial charge in [0.2, 0.25) is 0 Å². The molecule has 1 amide bonds. The lowest BCUT2D eigenvalue weighted by molar-refractivity contribution is -0.124. The number of nitrogens with one attached hydrogen (secondary N) is 2. The third kappa shape index (κ3) is 6.21. The van der Waals surface area contributed by atoms with Crippen LogP contribution in [0.3, 0.4) is 0 Å². The van der Waals surface area contributed by atoms with Crippen LogP contribution in [-0.2, 0) is 4.79 Å². The molecule has 4 nitrogen and oxygen atoms in total. The summed E-state index contributed by atoms with van der Waals surface area (Å²) in [7, 11) is 0. The summed E-state index contributed by atoms with van der Waals surface area (Å²) in [5, 5.41) is 7.19. The van der Waals surface area contributed by atoms with Crippen LogP contribution in [0.4, 0.5) is 0 Å². The van der Waals surface area contributed by atoms with Crippen LogP contribution in [0.5, 0.6) is 5.75 Å². The second kappa shape index (κ2) is 7.73. The molecule has 0 bridgehead atoms. The predicted molar refractivity (Wildman–Crippen MR) is 96.7 cm³/mol. The van der Waals surface area contributed by atoms with Crippen molar-refractivity contribution in [3.8, 4) is 5.75 Å². The average Bonchev–Trinajstić information content (AvgIpc) is 2.33. The molecule has 1 heterocycles. The van der Waals surface area contributed by atoms with Gasteiger partial charge in [0.25, 0.3) is 5.91 Å². The van der Waals surface area contributed by atoms with E-state index in [-0.39, 0.29) is 42.0 Å². The highest BCUT2D eigenvalue weighted by Crippen LogP contribution is 2.28. The van der Waals surface area contributed by atoms with E-state index in [1.165, 1.54) is 0 Å². The Morgan fingerprint density at radius 2 is 1.83 bits per heavy atom. The largest absolute Gasteiger partial charge is 0.482 e. The molecule has 1 aliphatic heterocycles. The van der Waals surface area contributed by atoms with Gasteiger partial charge in [0, 0.05) is 17.1 Å². The van der Waals surface area contributed by atoms with E-state index >= 15 is 0 Å². The molecule has 1 aromatic rings. The van der Waals surface area contributed by atoms with Crippen molar-refractivity contribution in [2.45, 2.75) is 57.7 Å². The zero-order chi connectivity index (χ0) is 16.4. The van der Waals surface area contributed by atoms with Gasteiger partial charge in [0.05, 0.1) is 5.02 Å². The predicted octanol–water partition coefficient (Wildman–Crippen LogP) is 3.57. The number of piperidine rings is 1. The van der Waals surface area contributed by atoms with Crippen LogP contribution in [0.15, 0.2) is 24.3 Å². The maximum atomic E-state index is 12.1. The monoisotopic (exact) mass is 360 g/mol. The van der Waals surface area contributed by atoms with E-state index in [2.05, 4.69) is 38.3 Å². The van der Waals surface area contributed by atoms with E-state index in [0.29, 0.717) is 10.8 Å². The lowest BCUT2D eigenvalue weighted by atomic mass is 9.79. The molecule has 1 saturated heterocycles. The first kappa shape index (κ1) is 20.1. The maximum Gasteiger partial charge on any atom is 0.258 e. The van der Waals surface area contributed by atoms with Crippen LogP contribution < -0.4 is 15.4 Å². The van der Waals surface area contributed by atoms with E-state index in [4.69, 9.17) is 16.3 Å². The fourth-order valence-electron chi connectivity index (χ4n) is 3.40. The summed E-state index contributed by atoms with van der Waals surface area (Å²) in [5.41, 5.74) is 0.00653. The molecular weight excluding hydrogens is 335 g/mol. The van der Waals surface area contributed by atoms with Crippen molar-refractivity contribution in [3.63, 3.8) is 0 Å². The minimum absolute atomic E-state index is 0. The Hall–Kier alpha value is -0.970. The Bertz CT molecular complexity index is 531. The number of amides is 1. The smallest absolute Gasteiger partial charge is 0.258 e. The second-order valence-electron chi connectivity index (χ2n) is 7.28. The number of hydrogen-bond donors (Lipinski definition) is 2. The number of ether oxygens (including phenoxy) is 1. The lowest BCUT2D eigenvalue weighted by Gasteiger charge is -2.46. The Morgan fingerprint density at radius 3 is 2.39 bits per heavy atom. The summed E-state index contributed by atoms with van der Waals surface area (Å²) in [6, 6.07) is 7.30. The number of benzene rings is 1. The fraction of sp³-hybridized carbons (Fsp3) is 0.588. The van der Waals surface area contributed by atoms with Gasteiger partial charge in [-0.25, -0.2) is 0 Å². The quantitative estimate of drug-likeness (QED) is 0.862. The van der Waals surface area contributed by atoms with Crippen LogP contribution in [0, 0.1) is 0 Å². The third-order valence-corrected chi connectivity index (χ3v) is 4.06. The Kier molecular flexibility index (Phi) is 6.75. The number of para-hydroxylation sites is 1. The highest BCUT2D eigenvalue weighted by molar-refractivity contribution is 6.32. The molecular formula is C17H26Cl2N2O2. The van der Waals surface area contributed by atoms with Crippen molar-refractivity contribution in [1.29, 1.82) is 0 Å². The van der Waals surface area contributed by atoms with E-state index in [1.807, 2.05) is 12.1 Å². The minimum atomic E-state index is -0.113. The average molecular weight is 361 g/mol. The number of carbonyl (C=O) groups excluding carboxylic acids is 1. The van der Waals surface area contributed by atoms with Crippen LogP contribution >= 0.6 is 24.0 Å². The Labute approximate surface area is 149 Å². The lowest BCUT2D eigenvalue weighted by Crippen LogP contribution is -2.62. The van der Waals surface area contributed by atoms with Gasteiger partial charge < -0.3 is 15.4 Å². The first-order valence-electron chi connectivity index (χ1n) is 7.63. The van der Waals surface area contributed by atoms with Crippen molar-refractivity contribution in [2.24, 2.45) is 0 Å². The molecule has 2 rings (SSSR count). The number of halogens is 2. The van der Waals surface area contributed by atoms with Gasteiger partial charge in [-0.05, 0) is 52.7 Å². The summed E-state index contributed by atoms with van der Waals surface area (Å²) in [5.74, 6) is 0.420. The first-order valence-corrected chi connectivity index (χ1v) is 8.01. The molecule has 0 spiro atoms. The van der Waals surface area contributed by atoms with E-state index in [1.54, 1.807) is 12.1 Å². The van der Waals surface area contributed by atoms with Gasteiger partial charge in [0.15, 0.2) is 6.61 Å². The fourth-order valence-corrected chi connectivity index (χ4v) is 3.59. The molecule has 0 aliphatic carbocycles. The standard InChI is InChI=1S/C17H25ClN2O2.ClH/c1-16(2)9-12(10-17(3,4)20-16)19-15(21)11-22-14-8-6-5-7-13(14)18;/h5-8,12,20H,9-11H2,1-4H3,(H,19,21);1H. The van der Waals surface area contributed by atoms with Gasteiger partial charge in [-0.2, -0.15) is 0 Å². The topological polar surface area (TPSA) is 50.4 Å². The summed E-state index contributed by atoms with van der Waals surface area (Å²) >= 11 is 6.01. The van der Waals surface area contributed by atoms with Gasteiger partial charge in [-0.1, -0.05) is 23.7 Å². The number of rotatable bonds is 4. The molecule has 1 aliphatic rings. The van der Waals surface area contributed by atoms with Gasteiger partial charge in [0.1, 0.15) is 5.75 Å². The molecule has 0 unspecified atom stereocenters. The number of carbonyl (C=O) groups is 1. The van der Waals surface area contributed by atoms with Crippen LogP contribution in [0.25, 0.3) is 0 Å². The first-order chi connectivity index (χ1) is 10.2. The Balaban J connectivity index is 0.00000264. The van der Waals surface area contributed by atoms with Gasteiger partial charge >= 0.3 is 0 Å². The van der Waals surface area contributed by atoms with E-state index in [0.717, 1.165) is 12.8 Å². The van der Waals surface area contributed by atoms with Crippen molar-refractivity contribution in [3.05, 3.63) is 29.3 Å². The van der Waals surface area contributed by atoms with Crippen molar-refractivity contribution < 1.29 is 9.53 Å². The zero-order valence-corrected chi connectivity index (χ0v) is 15.7. The van der Waals surface area contributed by atoms with Gasteiger partial charge in [-0.3, -0.25) is 4.79 Å². The molecule has 1 aromatic carbocycles. The summed E-state index contributed by atoms with van der Waals surface area (Å²) in [6.07, 6.45) is 1.79. The molecule has 0 atom stereocenters. The van der Waals surface area contributed by atoms with E-state index in [9.17, 15) is 4.79 Å². The van der Waals surface area contributed by atoms with Crippen molar-refractivity contribution in [2.75, 3.05) is 6.61 Å². The summed E-state index contributed by atoms with van der Waals surface area (Å²) in [6.45, 7) is 8.62. The molecule has 23 heavy (non-hydrogen) atoms. The molecule has 0 radical (unpaired) electrons. The summed E-state index contributed by atoms with van der Waals surface area (Å²) < 4.78 is 5.48. The molecule has 130 valence electrons. The number of hydrogen-bond acceptors (Lipinski definition) is 3. The maximum absolute atomic E-state index is 12.1. The molecule has 0 aromatic heterocycles. The Morgan fingerprint density at radius 1 is 1.26 bits per heavy atom. The zero-order valence-electron chi connectivity index (χ0n) is 14.1. The molecule has 6 heteroatoms. The van der Waals surface area contributed by atoms with E-state index < -0.39 is 0 Å². The normalized spacial score (nSPS) is 19.5. The SMILES string of the molecule is CC1(C)CC(NC(=O)COc2ccccc2Cl)CC(C)(C)N1.Cl. The van der Waals surface area contributed by atoms with Crippen LogP contribution in [0.1, 0.15) is 40.5 Å². The highest BCUT2D eigenvalue weighted by Gasteiger charge is 2.38. The van der Waals surface area contributed by atoms with Gasteiger partial charge in [-0.15, -0.1) is 12.4 Å². The molecule has 1 fully saturated rings. The van der Waals surface area contributed by atoms with Crippen molar-refractivity contribution >= 4 is 29.9 Å². The third-order valence-electron chi connectivity index (χ3n) is 3.75. The summed E-state index contributed by atoms with van der Waals surface area (Å²) in [4.78, 5) is 12.1. The van der Waals surface area contributed by atoms with Crippen molar-refractivity contribution in [1.82, 2.24) is 10.6 Å². The van der Waals surface area contributed by atoms with Crippen LogP contribution in [0.2, 0.25) is 5.02 Å². The molecule has 2 N–H and O–H groups in total. The second-order valence-corrected chi connectivity index (χ2v) is 7.69.